The first-order valence-electron chi connectivity index (χ1n) is 9.64. The topological polar surface area (TPSA) is 130 Å². The second kappa shape index (κ2) is 7.14. The van der Waals surface area contributed by atoms with E-state index in [-0.39, 0.29) is 30.2 Å². The predicted octanol–water partition coefficient (Wildman–Crippen LogP) is 1.51. The van der Waals surface area contributed by atoms with Gasteiger partial charge in [-0.1, -0.05) is 19.1 Å². The number of carbonyl (C=O) groups excluding carboxylic acids is 2. The molecule has 2 aliphatic rings. The number of ether oxygens (including phenoxy) is 1. The summed E-state index contributed by atoms with van der Waals surface area (Å²) in [6, 6.07) is 10.0. The summed E-state index contributed by atoms with van der Waals surface area (Å²) in [6.45, 7) is 3.40. The largest absolute Gasteiger partial charge is 0.489 e. The van der Waals surface area contributed by atoms with E-state index < -0.39 is 23.9 Å². The minimum Gasteiger partial charge on any atom is -0.489 e. The van der Waals surface area contributed by atoms with Crippen LogP contribution in [0.25, 0.3) is 10.8 Å². The SMILES string of the molecule is C[C@@H](O)[C@H]1C(=O)N2C(C(=O)O)=C(COc3ccc4cc(C(N)=O)ccc4c3)[C@H](C)[C@H]12. The fourth-order valence-corrected chi connectivity index (χ4v) is 4.46. The van der Waals surface area contributed by atoms with Crippen molar-refractivity contribution in [2.75, 3.05) is 6.61 Å². The highest BCUT2D eigenvalue weighted by Crippen LogP contribution is 2.47. The molecule has 1 fully saturated rings. The van der Waals surface area contributed by atoms with E-state index in [4.69, 9.17) is 10.5 Å². The molecule has 2 aromatic carbocycles. The van der Waals surface area contributed by atoms with Crippen molar-refractivity contribution in [2.24, 2.45) is 17.6 Å². The van der Waals surface area contributed by atoms with Crippen LogP contribution in [0.15, 0.2) is 47.7 Å². The van der Waals surface area contributed by atoms with Gasteiger partial charge in [0, 0.05) is 17.1 Å². The number of hydrogen-bond acceptors (Lipinski definition) is 5. The van der Waals surface area contributed by atoms with Crippen LogP contribution < -0.4 is 10.5 Å². The number of amides is 2. The molecule has 0 aliphatic carbocycles. The molecule has 0 radical (unpaired) electrons. The van der Waals surface area contributed by atoms with E-state index in [2.05, 4.69) is 0 Å². The summed E-state index contributed by atoms with van der Waals surface area (Å²) < 4.78 is 5.87. The van der Waals surface area contributed by atoms with Gasteiger partial charge in [-0.2, -0.15) is 0 Å². The van der Waals surface area contributed by atoms with Crippen molar-refractivity contribution in [3.8, 4) is 5.75 Å². The minimum atomic E-state index is -1.18. The third-order valence-electron chi connectivity index (χ3n) is 6.01. The van der Waals surface area contributed by atoms with Crippen molar-refractivity contribution in [2.45, 2.75) is 26.0 Å². The van der Waals surface area contributed by atoms with Crippen LogP contribution >= 0.6 is 0 Å². The molecule has 0 spiro atoms. The van der Waals surface area contributed by atoms with Crippen molar-refractivity contribution in [1.82, 2.24) is 4.90 Å². The lowest BCUT2D eigenvalue weighted by Crippen LogP contribution is -2.63. The summed E-state index contributed by atoms with van der Waals surface area (Å²) in [5, 5.41) is 21.2. The Kier molecular flexibility index (Phi) is 4.74. The molecule has 2 aliphatic heterocycles. The number of benzene rings is 2. The van der Waals surface area contributed by atoms with Gasteiger partial charge in [0.2, 0.25) is 11.8 Å². The van der Waals surface area contributed by atoms with Gasteiger partial charge in [-0.05, 0) is 42.0 Å². The molecule has 8 nitrogen and oxygen atoms in total. The number of carboxylic acid groups (broad SMARTS) is 1. The number of rotatable bonds is 6. The Hall–Kier alpha value is -3.39. The molecule has 1 saturated heterocycles. The molecular formula is C22H22N2O6. The zero-order valence-electron chi connectivity index (χ0n) is 16.5. The zero-order valence-corrected chi connectivity index (χ0v) is 16.5. The Morgan fingerprint density at radius 3 is 2.50 bits per heavy atom. The summed E-state index contributed by atoms with van der Waals surface area (Å²) in [5.41, 5.74) is 6.19. The Labute approximate surface area is 172 Å². The number of β-lactam (4-membered cyclic amide) rings is 1. The van der Waals surface area contributed by atoms with Crippen molar-refractivity contribution in [3.05, 3.63) is 53.2 Å². The first-order valence-corrected chi connectivity index (χ1v) is 9.64. The van der Waals surface area contributed by atoms with Crippen LogP contribution in [0.2, 0.25) is 0 Å². The lowest BCUT2D eigenvalue weighted by Gasteiger charge is -2.46. The van der Waals surface area contributed by atoms with E-state index >= 15 is 0 Å². The summed E-state index contributed by atoms with van der Waals surface area (Å²) in [4.78, 5) is 36.8. The van der Waals surface area contributed by atoms with Gasteiger partial charge < -0.3 is 25.6 Å². The number of aliphatic hydroxyl groups is 1. The number of primary amides is 1. The lowest BCUT2D eigenvalue weighted by atomic mass is 9.78. The predicted molar refractivity (Wildman–Crippen MR) is 108 cm³/mol. The summed E-state index contributed by atoms with van der Waals surface area (Å²) in [7, 11) is 0. The number of aliphatic carboxylic acids is 1. The van der Waals surface area contributed by atoms with Crippen LogP contribution in [0.5, 0.6) is 5.75 Å². The smallest absolute Gasteiger partial charge is 0.352 e. The molecule has 2 heterocycles. The van der Waals surface area contributed by atoms with Gasteiger partial charge in [0.25, 0.3) is 0 Å². The third-order valence-corrected chi connectivity index (χ3v) is 6.01. The van der Waals surface area contributed by atoms with Gasteiger partial charge >= 0.3 is 5.97 Å². The first-order chi connectivity index (χ1) is 14.2. The van der Waals surface area contributed by atoms with Gasteiger partial charge in [0.1, 0.15) is 18.1 Å². The quantitative estimate of drug-likeness (QED) is 0.619. The Bertz CT molecular complexity index is 1110. The third kappa shape index (κ3) is 3.00. The molecule has 2 aromatic rings. The standard InChI is InChI=1S/C22H22N2O6/c1-10-16(19(22(28)29)24-18(10)17(11(2)25)21(24)27)9-30-15-6-5-12-7-14(20(23)26)4-3-13(12)8-15/h3-8,10-11,17-18,25H,9H2,1-2H3,(H2,23,26)(H,28,29)/t10-,11+,17+,18+/m0/s1. The van der Waals surface area contributed by atoms with Crippen molar-refractivity contribution < 1.29 is 29.3 Å². The van der Waals surface area contributed by atoms with Gasteiger partial charge in [0.05, 0.1) is 18.1 Å². The number of nitrogens with two attached hydrogens (primary N) is 1. The van der Waals surface area contributed by atoms with E-state index in [9.17, 15) is 24.6 Å². The second-order valence-corrected chi connectivity index (χ2v) is 7.81. The number of hydrogen-bond donors (Lipinski definition) is 3. The maximum atomic E-state index is 12.4. The maximum absolute atomic E-state index is 12.4. The molecule has 4 N–H and O–H groups in total. The fraction of sp³-hybridized carbons (Fsp3) is 0.318. The molecule has 0 saturated carbocycles. The monoisotopic (exact) mass is 410 g/mol. The second-order valence-electron chi connectivity index (χ2n) is 7.81. The highest BCUT2D eigenvalue weighted by Gasteiger charge is 2.59. The van der Waals surface area contributed by atoms with Crippen LogP contribution in [0.4, 0.5) is 0 Å². The van der Waals surface area contributed by atoms with Crippen molar-refractivity contribution in [3.63, 3.8) is 0 Å². The average molecular weight is 410 g/mol. The van der Waals surface area contributed by atoms with E-state index in [1.807, 2.05) is 6.92 Å². The molecule has 0 bridgehead atoms. The van der Waals surface area contributed by atoms with Crippen LogP contribution in [-0.4, -0.2) is 51.6 Å². The van der Waals surface area contributed by atoms with Crippen LogP contribution in [0.3, 0.4) is 0 Å². The Morgan fingerprint density at radius 2 is 1.87 bits per heavy atom. The Morgan fingerprint density at radius 1 is 1.20 bits per heavy atom. The molecule has 0 unspecified atom stereocenters. The van der Waals surface area contributed by atoms with Gasteiger partial charge in [0.15, 0.2) is 0 Å². The molecule has 8 heteroatoms. The van der Waals surface area contributed by atoms with Gasteiger partial charge in [-0.25, -0.2) is 4.79 Å². The summed E-state index contributed by atoms with van der Waals surface area (Å²) in [6.07, 6.45) is -0.845. The minimum absolute atomic E-state index is 0.0144. The van der Waals surface area contributed by atoms with Crippen LogP contribution in [0, 0.1) is 11.8 Å². The normalized spacial score (nSPS) is 23.9. The fourth-order valence-electron chi connectivity index (χ4n) is 4.46. The zero-order chi connectivity index (χ0) is 21.7. The Balaban J connectivity index is 1.58. The van der Waals surface area contributed by atoms with Gasteiger partial charge in [-0.15, -0.1) is 0 Å². The lowest BCUT2D eigenvalue weighted by molar-refractivity contribution is -0.163. The molecule has 30 heavy (non-hydrogen) atoms. The number of fused-ring (bicyclic) bond motifs is 2. The highest BCUT2D eigenvalue weighted by atomic mass is 16.5. The number of nitrogens with zero attached hydrogens (tertiary/aromatic N) is 1. The van der Waals surface area contributed by atoms with E-state index in [0.29, 0.717) is 16.9 Å². The maximum Gasteiger partial charge on any atom is 0.352 e. The molecular weight excluding hydrogens is 388 g/mol. The van der Waals surface area contributed by atoms with E-state index in [1.54, 1.807) is 43.3 Å². The van der Waals surface area contributed by atoms with E-state index in [1.165, 1.54) is 4.90 Å². The van der Waals surface area contributed by atoms with Crippen LogP contribution in [0.1, 0.15) is 24.2 Å². The molecule has 2 amide bonds. The molecule has 0 aromatic heterocycles. The summed E-state index contributed by atoms with van der Waals surface area (Å²) >= 11 is 0. The van der Waals surface area contributed by atoms with Gasteiger partial charge in [-0.3, -0.25) is 9.59 Å². The van der Waals surface area contributed by atoms with Crippen LogP contribution in [-0.2, 0) is 9.59 Å². The highest BCUT2D eigenvalue weighted by molar-refractivity contribution is 6.00. The number of aliphatic hydroxyl groups excluding tert-OH is 1. The summed E-state index contributed by atoms with van der Waals surface area (Å²) in [5.74, 6) is -2.37. The number of carboxylic acids is 1. The van der Waals surface area contributed by atoms with E-state index in [0.717, 1.165) is 10.8 Å². The van der Waals surface area contributed by atoms with Crippen molar-refractivity contribution in [1.29, 1.82) is 0 Å². The number of carbonyl (C=O) groups is 3. The van der Waals surface area contributed by atoms with Crippen molar-refractivity contribution >= 4 is 28.6 Å². The first kappa shape index (κ1) is 19.9. The molecule has 4 atom stereocenters. The average Bonchev–Trinajstić information content (AvgIpc) is 2.93. The molecule has 4 rings (SSSR count). The molecule has 156 valence electrons.